The van der Waals surface area contributed by atoms with Crippen LogP contribution in [0, 0.1) is 11.3 Å². The molecule has 0 aromatic carbocycles. The van der Waals surface area contributed by atoms with E-state index >= 15 is 0 Å². The first-order valence-electron chi connectivity index (χ1n) is 4.20. The van der Waals surface area contributed by atoms with Gasteiger partial charge < -0.3 is 5.32 Å². The molecule has 3 nitrogen and oxygen atoms in total. The van der Waals surface area contributed by atoms with Crippen LogP contribution in [0.25, 0.3) is 0 Å². The molecule has 1 saturated heterocycles. The van der Waals surface area contributed by atoms with Crippen LogP contribution in [0.3, 0.4) is 0 Å². The van der Waals surface area contributed by atoms with Crippen molar-refractivity contribution >= 4 is 0 Å². The van der Waals surface area contributed by atoms with Gasteiger partial charge in [0, 0.05) is 12.6 Å². The Hall–Kier alpha value is -0.590. The highest BCUT2D eigenvalue weighted by Gasteiger charge is 2.19. The Morgan fingerprint density at radius 3 is 3.00 bits per heavy atom. The van der Waals surface area contributed by atoms with Crippen molar-refractivity contribution in [2.75, 3.05) is 26.2 Å². The highest BCUT2D eigenvalue weighted by atomic mass is 15.2. The fourth-order valence-electron chi connectivity index (χ4n) is 1.54. The second-order valence-corrected chi connectivity index (χ2v) is 2.87. The van der Waals surface area contributed by atoms with E-state index in [-0.39, 0.29) is 0 Å². The van der Waals surface area contributed by atoms with E-state index in [1.54, 1.807) is 0 Å². The number of hydrogen-bond donors (Lipinski definition) is 1. The lowest BCUT2D eigenvalue weighted by Crippen LogP contribution is -2.36. The van der Waals surface area contributed by atoms with Gasteiger partial charge in [0.15, 0.2) is 0 Å². The lowest BCUT2D eigenvalue weighted by atomic mass is 10.2. The van der Waals surface area contributed by atoms with Crippen molar-refractivity contribution in [3.8, 4) is 6.07 Å². The largest absolute Gasteiger partial charge is 0.315 e. The molecule has 1 heterocycles. The summed E-state index contributed by atoms with van der Waals surface area (Å²) < 4.78 is 0. The molecule has 0 bridgehead atoms. The average Bonchev–Trinajstić information content (AvgIpc) is 2.52. The summed E-state index contributed by atoms with van der Waals surface area (Å²) in [6.07, 6.45) is 1.19. The molecule has 0 saturated carbocycles. The smallest absolute Gasteiger partial charge is 0.0868 e. The van der Waals surface area contributed by atoms with Crippen molar-refractivity contribution < 1.29 is 0 Å². The number of hydrogen-bond acceptors (Lipinski definition) is 3. The fourth-order valence-corrected chi connectivity index (χ4v) is 1.54. The van der Waals surface area contributed by atoms with Crippen LogP contribution in [0.1, 0.15) is 13.3 Å². The van der Waals surface area contributed by atoms with E-state index < -0.39 is 0 Å². The van der Waals surface area contributed by atoms with Gasteiger partial charge in [0.25, 0.3) is 0 Å². The van der Waals surface area contributed by atoms with Crippen LogP contribution in [0.4, 0.5) is 0 Å². The van der Waals surface area contributed by atoms with Gasteiger partial charge in [0.05, 0.1) is 12.6 Å². The molecule has 0 amide bonds. The molecular formula is C8H15N3. The second-order valence-electron chi connectivity index (χ2n) is 2.87. The minimum absolute atomic E-state index is 0.572. The van der Waals surface area contributed by atoms with Crippen LogP contribution in [0.15, 0.2) is 0 Å². The van der Waals surface area contributed by atoms with Crippen molar-refractivity contribution in [3.05, 3.63) is 0 Å². The third kappa shape index (κ3) is 2.18. The number of rotatable bonds is 3. The topological polar surface area (TPSA) is 39.1 Å². The summed E-state index contributed by atoms with van der Waals surface area (Å²) in [5.41, 5.74) is 0. The summed E-state index contributed by atoms with van der Waals surface area (Å²) in [7, 11) is 0. The van der Waals surface area contributed by atoms with Crippen molar-refractivity contribution in [2.45, 2.75) is 19.4 Å². The molecule has 3 heteroatoms. The lowest BCUT2D eigenvalue weighted by Gasteiger charge is -2.23. The first kappa shape index (κ1) is 8.51. The summed E-state index contributed by atoms with van der Waals surface area (Å²) in [4.78, 5) is 2.22. The predicted octanol–water partition coefficient (Wildman–Crippen LogP) is 0.194. The minimum atomic E-state index is 0.572. The third-order valence-electron chi connectivity index (χ3n) is 2.23. The van der Waals surface area contributed by atoms with Crippen LogP contribution in [0.5, 0.6) is 0 Å². The minimum Gasteiger partial charge on any atom is -0.315 e. The van der Waals surface area contributed by atoms with Gasteiger partial charge in [-0.25, -0.2) is 0 Å². The van der Waals surface area contributed by atoms with E-state index in [0.717, 1.165) is 19.6 Å². The van der Waals surface area contributed by atoms with Gasteiger partial charge in [0.2, 0.25) is 0 Å². The summed E-state index contributed by atoms with van der Waals surface area (Å²) in [5.74, 6) is 0. The number of nitrogens with zero attached hydrogens (tertiary/aromatic N) is 2. The Morgan fingerprint density at radius 2 is 2.55 bits per heavy atom. The van der Waals surface area contributed by atoms with Gasteiger partial charge in [-0.05, 0) is 19.5 Å². The quantitative estimate of drug-likeness (QED) is 0.588. The van der Waals surface area contributed by atoms with Crippen LogP contribution in [0.2, 0.25) is 0 Å². The SMILES string of the molecule is CCN(CC#N)C1CCNC1. The molecule has 11 heavy (non-hydrogen) atoms. The average molecular weight is 153 g/mol. The van der Waals surface area contributed by atoms with Crippen molar-refractivity contribution in [1.82, 2.24) is 10.2 Å². The van der Waals surface area contributed by atoms with Crippen LogP contribution in [-0.4, -0.2) is 37.1 Å². The number of nitriles is 1. The Bertz CT molecular complexity index is 144. The lowest BCUT2D eigenvalue weighted by molar-refractivity contribution is 0.246. The van der Waals surface area contributed by atoms with E-state index in [1.165, 1.54) is 6.42 Å². The first-order chi connectivity index (χ1) is 5.38. The standard InChI is InChI=1S/C8H15N3/c1-2-11(6-4-9)8-3-5-10-7-8/h8,10H,2-3,5-7H2,1H3. The summed E-state index contributed by atoms with van der Waals surface area (Å²) in [6.45, 7) is 5.82. The fraction of sp³-hybridized carbons (Fsp3) is 0.875. The van der Waals surface area contributed by atoms with Crippen molar-refractivity contribution in [2.24, 2.45) is 0 Å². The molecule has 1 N–H and O–H groups in total. The molecule has 1 aliphatic rings. The van der Waals surface area contributed by atoms with Crippen LogP contribution >= 0.6 is 0 Å². The van der Waals surface area contributed by atoms with Gasteiger partial charge in [-0.2, -0.15) is 5.26 Å². The summed E-state index contributed by atoms with van der Waals surface area (Å²) in [6, 6.07) is 2.79. The Balaban J connectivity index is 2.34. The normalized spacial score (nSPS) is 23.9. The Labute approximate surface area is 68.0 Å². The zero-order valence-corrected chi connectivity index (χ0v) is 7.01. The molecule has 0 aromatic heterocycles. The predicted molar refractivity (Wildman–Crippen MR) is 44.1 cm³/mol. The maximum Gasteiger partial charge on any atom is 0.0868 e. The molecule has 0 spiro atoms. The van der Waals surface area contributed by atoms with Gasteiger partial charge in [-0.15, -0.1) is 0 Å². The molecular weight excluding hydrogens is 138 g/mol. The van der Waals surface area contributed by atoms with Crippen molar-refractivity contribution in [3.63, 3.8) is 0 Å². The number of likely N-dealkylation sites (N-methyl/N-ethyl adjacent to an activating group) is 1. The molecule has 1 aliphatic heterocycles. The Kier molecular flexibility index (Phi) is 3.34. The highest BCUT2D eigenvalue weighted by Crippen LogP contribution is 2.06. The highest BCUT2D eigenvalue weighted by molar-refractivity contribution is 4.85. The zero-order valence-electron chi connectivity index (χ0n) is 7.01. The Morgan fingerprint density at radius 1 is 1.73 bits per heavy atom. The molecule has 62 valence electrons. The maximum absolute atomic E-state index is 8.52. The van der Waals surface area contributed by atoms with Gasteiger partial charge in [0.1, 0.15) is 0 Å². The van der Waals surface area contributed by atoms with E-state index in [0.29, 0.717) is 12.6 Å². The molecule has 0 radical (unpaired) electrons. The van der Waals surface area contributed by atoms with E-state index in [9.17, 15) is 0 Å². The van der Waals surface area contributed by atoms with Crippen molar-refractivity contribution in [1.29, 1.82) is 5.26 Å². The summed E-state index contributed by atoms with van der Waals surface area (Å²) >= 11 is 0. The molecule has 1 atom stereocenters. The molecule has 0 aromatic rings. The van der Waals surface area contributed by atoms with Gasteiger partial charge in [-0.1, -0.05) is 6.92 Å². The molecule has 0 aliphatic carbocycles. The number of nitrogens with one attached hydrogen (secondary N) is 1. The van der Waals surface area contributed by atoms with Crippen LogP contribution < -0.4 is 5.32 Å². The second kappa shape index (κ2) is 4.32. The van der Waals surface area contributed by atoms with E-state index in [2.05, 4.69) is 23.2 Å². The molecule has 1 rings (SSSR count). The monoisotopic (exact) mass is 153 g/mol. The molecule has 1 unspecified atom stereocenters. The van der Waals surface area contributed by atoms with Gasteiger partial charge in [-0.3, -0.25) is 4.90 Å². The first-order valence-corrected chi connectivity index (χ1v) is 4.20. The third-order valence-corrected chi connectivity index (χ3v) is 2.23. The molecule has 1 fully saturated rings. The maximum atomic E-state index is 8.52. The van der Waals surface area contributed by atoms with E-state index in [1.807, 2.05) is 0 Å². The van der Waals surface area contributed by atoms with Crippen LogP contribution in [-0.2, 0) is 0 Å². The van der Waals surface area contributed by atoms with Gasteiger partial charge >= 0.3 is 0 Å². The van der Waals surface area contributed by atoms with E-state index in [4.69, 9.17) is 5.26 Å². The zero-order chi connectivity index (χ0) is 8.10. The summed E-state index contributed by atoms with van der Waals surface area (Å²) in [5, 5.41) is 11.8.